The van der Waals surface area contributed by atoms with Gasteiger partial charge in [0, 0.05) is 10.6 Å². The molecular weight excluding hydrogens is 198 g/mol. The summed E-state index contributed by atoms with van der Waals surface area (Å²) in [5.41, 5.74) is 0.630. The number of rotatable bonds is 1. The highest BCUT2D eigenvalue weighted by Gasteiger charge is 1.96. The fourth-order valence-corrected chi connectivity index (χ4v) is 1.81. The van der Waals surface area contributed by atoms with Crippen LogP contribution in [0.25, 0.3) is 0 Å². The maximum absolute atomic E-state index is 7.24. The molecule has 1 aromatic rings. The molecule has 0 amide bonds. The van der Waals surface area contributed by atoms with Crippen LogP contribution in [-0.4, -0.2) is 5.71 Å². The van der Waals surface area contributed by atoms with Crippen LogP contribution in [0.5, 0.6) is 0 Å². The third-order valence-corrected chi connectivity index (χ3v) is 2.69. The van der Waals surface area contributed by atoms with Gasteiger partial charge in [0.05, 0.1) is 3.79 Å². The van der Waals surface area contributed by atoms with Gasteiger partial charge in [-0.3, -0.25) is 0 Å². The molecule has 0 fully saturated rings. The van der Waals surface area contributed by atoms with Crippen LogP contribution in [0.4, 0.5) is 0 Å². The fourth-order valence-electron chi connectivity index (χ4n) is 0.516. The molecule has 0 saturated heterocycles. The third kappa shape index (κ3) is 1.63. The van der Waals surface area contributed by atoms with Crippen LogP contribution in [0, 0.1) is 5.41 Å². The molecule has 0 aromatic carbocycles. The average Bonchev–Trinajstić information content (AvgIpc) is 2.14. The van der Waals surface area contributed by atoms with Gasteiger partial charge in [-0.05, 0) is 35.0 Å². The number of thiophene rings is 1. The predicted molar refractivity (Wildman–Crippen MR) is 44.5 cm³/mol. The molecule has 48 valence electrons. The smallest absolute Gasteiger partial charge is 0.0705 e. The number of nitrogens with one attached hydrogen (secondary N) is 1. The highest BCUT2D eigenvalue weighted by atomic mass is 79.9. The van der Waals surface area contributed by atoms with Gasteiger partial charge in [-0.1, -0.05) is 0 Å². The summed E-state index contributed by atoms with van der Waals surface area (Å²) in [6, 6.07) is 3.90. The molecule has 1 rings (SSSR count). The molecule has 0 radical (unpaired) electrons. The summed E-state index contributed by atoms with van der Waals surface area (Å²) >= 11 is 4.91. The van der Waals surface area contributed by atoms with Crippen LogP contribution in [0.3, 0.4) is 0 Å². The first-order valence-electron chi connectivity index (χ1n) is 2.51. The molecule has 0 aliphatic rings. The van der Waals surface area contributed by atoms with Gasteiger partial charge >= 0.3 is 0 Å². The van der Waals surface area contributed by atoms with Crippen LogP contribution >= 0.6 is 27.3 Å². The van der Waals surface area contributed by atoms with E-state index in [1.165, 1.54) is 0 Å². The molecule has 1 N–H and O–H groups in total. The van der Waals surface area contributed by atoms with E-state index >= 15 is 0 Å². The van der Waals surface area contributed by atoms with Crippen LogP contribution in [0.2, 0.25) is 0 Å². The van der Waals surface area contributed by atoms with Gasteiger partial charge < -0.3 is 5.41 Å². The summed E-state index contributed by atoms with van der Waals surface area (Å²) in [5, 5.41) is 7.24. The lowest BCUT2D eigenvalue weighted by Crippen LogP contribution is -1.83. The van der Waals surface area contributed by atoms with E-state index in [0.717, 1.165) is 8.66 Å². The zero-order chi connectivity index (χ0) is 6.85. The standard InChI is InChI=1S/C6H6BrNS/c1-4(8)5-2-3-6(7)9-5/h2-3,8H,1H3. The minimum Gasteiger partial charge on any atom is -0.304 e. The molecule has 1 aromatic heterocycles. The van der Waals surface area contributed by atoms with Crippen LogP contribution < -0.4 is 0 Å². The Bertz CT molecular complexity index is 229. The molecule has 1 nitrogen and oxygen atoms in total. The first-order chi connectivity index (χ1) is 4.20. The summed E-state index contributed by atoms with van der Waals surface area (Å²) < 4.78 is 1.09. The van der Waals surface area contributed by atoms with E-state index in [2.05, 4.69) is 15.9 Å². The molecule has 0 saturated carbocycles. The Kier molecular flexibility index (Phi) is 2.03. The van der Waals surface area contributed by atoms with Crippen LogP contribution in [-0.2, 0) is 0 Å². The maximum atomic E-state index is 7.24. The van der Waals surface area contributed by atoms with Gasteiger partial charge in [-0.25, -0.2) is 0 Å². The SMILES string of the molecule is CC(=N)c1ccc(Br)s1. The number of halogens is 1. The average molecular weight is 204 g/mol. The zero-order valence-corrected chi connectivity index (χ0v) is 7.34. The molecule has 0 aliphatic heterocycles. The van der Waals surface area contributed by atoms with Crippen molar-refractivity contribution in [3.8, 4) is 0 Å². The van der Waals surface area contributed by atoms with Crippen LogP contribution in [0.1, 0.15) is 11.8 Å². The summed E-state index contributed by atoms with van der Waals surface area (Å²) in [7, 11) is 0. The van der Waals surface area contributed by atoms with E-state index in [9.17, 15) is 0 Å². The van der Waals surface area contributed by atoms with Crippen molar-refractivity contribution in [1.29, 1.82) is 5.41 Å². The predicted octanol–water partition coefficient (Wildman–Crippen LogP) is 2.90. The van der Waals surface area contributed by atoms with E-state index in [0.29, 0.717) is 5.71 Å². The topological polar surface area (TPSA) is 23.9 Å². The van der Waals surface area contributed by atoms with Crippen LogP contribution in [0.15, 0.2) is 15.9 Å². The van der Waals surface area contributed by atoms with E-state index in [1.807, 2.05) is 12.1 Å². The first-order valence-corrected chi connectivity index (χ1v) is 4.12. The zero-order valence-electron chi connectivity index (χ0n) is 4.94. The second kappa shape index (κ2) is 2.62. The molecule has 0 atom stereocenters. The van der Waals surface area contributed by atoms with E-state index < -0.39 is 0 Å². The summed E-state index contributed by atoms with van der Waals surface area (Å²) in [6.07, 6.45) is 0. The minimum atomic E-state index is 0.630. The van der Waals surface area contributed by atoms with Gasteiger partial charge in [0.15, 0.2) is 0 Å². The summed E-state index contributed by atoms with van der Waals surface area (Å²) in [4.78, 5) is 1.03. The molecule has 0 aliphatic carbocycles. The van der Waals surface area contributed by atoms with Gasteiger partial charge in [0.25, 0.3) is 0 Å². The first kappa shape index (κ1) is 6.96. The van der Waals surface area contributed by atoms with E-state index in [4.69, 9.17) is 5.41 Å². The third-order valence-electron chi connectivity index (χ3n) is 0.943. The van der Waals surface area contributed by atoms with Gasteiger partial charge in [-0.15, -0.1) is 11.3 Å². The Morgan fingerprint density at radius 1 is 1.67 bits per heavy atom. The quantitative estimate of drug-likeness (QED) is 0.680. The van der Waals surface area contributed by atoms with Gasteiger partial charge in [0.1, 0.15) is 0 Å². The number of hydrogen-bond acceptors (Lipinski definition) is 2. The second-order valence-corrected chi connectivity index (χ2v) is 4.19. The highest BCUT2D eigenvalue weighted by Crippen LogP contribution is 2.21. The number of hydrogen-bond donors (Lipinski definition) is 1. The lowest BCUT2D eigenvalue weighted by Gasteiger charge is -1.85. The van der Waals surface area contributed by atoms with Crippen molar-refractivity contribution in [2.75, 3.05) is 0 Å². The Morgan fingerprint density at radius 3 is 2.56 bits per heavy atom. The van der Waals surface area contributed by atoms with Crippen molar-refractivity contribution < 1.29 is 0 Å². The van der Waals surface area contributed by atoms with Crippen molar-refractivity contribution in [1.82, 2.24) is 0 Å². The summed E-state index contributed by atoms with van der Waals surface area (Å²) in [5.74, 6) is 0. The van der Waals surface area contributed by atoms with Crippen molar-refractivity contribution in [2.24, 2.45) is 0 Å². The molecule has 0 bridgehead atoms. The van der Waals surface area contributed by atoms with E-state index in [-0.39, 0.29) is 0 Å². The maximum Gasteiger partial charge on any atom is 0.0705 e. The van der Waals surface area contributed by atoms with Crippen molar-refractivity contribution in [3.63, 3.8) is 0 Å². The Balaban J connectivity index is 2.98. The molecular formula is C6H6BrNS. The van der Waals surface area contributed by atoms with Crippen molar-refractivity contribution >= 4 is 33.0 Å². The Labute approximate surface area is 66.4 Å². The Hall–Kier alpha value is -0.150. The minimum absolute atomic E-state index is 0.630. The van der Waals surface area contributed by atoms with Crippen molar-refractivity contribution in [3.05, 3.63) is 20.8 Å². The molecule has 0 unspecified atom stereocenters. The van der Waals surface area contributed by atoms with Crippen molar-refractivity contribution in [2.45, 2.75) is 6.92 Å². The molecule has 1 heterocycles. The lowest BCUT2D eigenvalue weighted by molar-refractivity contribution is 1.49. The highest BCUT2D eigenvalue weighted by molar-refractivity contribution is 9.11. The molecule has 0 spiro atoms. The monoisotopic (exact) mass is 203 g/mol. The van der Waals surface area contributed by atoms with Gasteiger partial charge in [0.2, 0.25) is 0 Å². The van der Waals surface area contributed by atoms with Gasteiger partial charge in [-0.2, -0.15) is 0 Å². The second-order valence-electron chi connectivity index (χ2n) is 1.73. The van der Waals surface area contributed by atoms with E-state index in [1.54, 1.807) is 18.3 Å². The normalized spacial score (nSPS) is 9.56. The molecule has 3 heteroatoms. The largest absolute Gasteiger partial charge is 0.304 e. The summed E-state index contributed by atoms with van der Waals surface area (Å²) in [6.45, 7) is 1.79. The molecule has 9 heavy (non-hydrogen) atoms. The fraction of sp³-hybridized carbons (Fsp3) is 0.167. The Morgan fingerprint density at radius 2 is 2.33 bits per heavy atom. The lowest BCUT2D eigenvalue weighted by atomic mass is 10.3.